The zero-order valence-electron chi connectivity index (χ0n) is 14.8. The average molecular weight is 422 g/mol. The summed E-state index contributed by atoms with van der Waals surface area (Å²) in [5.41, 5.74) is 2.58. The number of nitrogens with zero attached hydrogens (tertiary/aromatic N) is 1. The van der Waals surface area contributed by atoms with Gasteiger partial charge in [0.1, 0.15) is 11.5 Å². The molecule has 5 nitrogen and oxygen atoms in total. The molecule has 0 spiro atoms. The highest BCUT2D eigenvalue weighted by Gasteiger charge is 2.30. The first-order valence-electron chi connectivity index (χ1n) is 8.40. The molecule has 29 heavy (non-hydrogen) atoms. The second-order valence-corrected chi connectivity index (χ2v) is 6.37. The maximum absolute atomic E-state index is 12.8. The largest absolute Gasteiger partial charge is 0.455 e. The summed E-state index contributed by atoms with van der Waals surface area (Å²) in [4.78, 5) is 11.8. The van der Waals surface area contributed by atoms with Gasteiger partial charge in [-0.2, -0.15) is 18.3 Å². The number of nitrogens with one attached hydrogen (secondary N) is 2. The molecule has 1 amide bonds. The number of amides is 1. The Labute approximate surface area is 169 Å². The fourth-order valence-corrected chi connectivity index (χ4v) is 2.51. The van der Waals surface area contributed by atoms with Crippen molar-refractivity contribution in [3.05, 3.63) is 77.0 Å². The zero-order valence-corrected chi connectivity index (χ0v) is 15.6. The highest BCUT2D eigenvalue weighted by atomic mass is 35.5. The normalized spacial score (nSPS) is 11.6. The van der Waals surface area contributed by atoms with Gasteiger partial charge in [-0.05, 0) is 48.5 Å². The lowest BCUT2D eigenvalue weighted by molar-refractivity contribution is -0.137. The summed E-state index contributed by atoms with van der Waals surface area (Å²) < 4.78 is 43.9. The van der Waals surface area contributed by atoms with Crippen molar-refractivity contribution < 1.29 is 22.4 Å². The minimum atomic E-state index is -4.43. The predicted octanol–water partition coefficient (Wildman–Crippen LogP) is 5.18. The minimum absolute atomic E-state index is 0.00733. The summed E-state index contributed by atoms with van der Waals surface area (Å²) in [5.74, 6) is 0.150. The molecule has 0 aliphatic heterocycles. The van der Waals surface area contributed by atoms with Crippen LogP contribution in [0.1, 0.15) is 11.3 Å². The first-order valence-corrected chi connectivity index (χ1v) is 8.78. The van der Waals surface area contributed by atoms with Crippen LogP contribution in [0.4, 0.5) is 18.9 Å². The van der Waals surface area contributed by atoms with Crippen molar-refractivity contribution in [2.24, 2.45) is 5.10 Å². The van der Waals surface area contributed by atoms with Crippen LogP contribution >= 0.6 is 11.6 Å². The molecule has 0 saturated carbocycles. The molecule has 0 radical (unpaired) electrons. The van der Waals surface area contributed by atoms with E-state index in [1.807, 2.05) is 0 Å². The molecule has 0 aliphatic rings. The molecule has 2 aromatic carbocycles. The summed E-state index contributed by atoms with van der Waals surface area (Å²) >= 11 is 5.78. The van der Waals surface area contributed by atoms with Gasteiger partial charge in [0, 0.05) is 16.3 Å². The fourth-order valence-electron chi connectivity index (χ4n) is 2.38. The fraction of sp³-hybridized carbons (Fsp3) is 0.100. The topological polar surface area (TPSA) is 66.6 Å². The third kappa shape index (κ3) is 5.86. The van der Waals surface area contributed by atoms with E-state index in [9.17, 15) is 18.0 Å². The van der Waals surface area contributed by atoms with Gasteiger partial charge in [0.2, 0.25) is 0 Å². The maximum atomic E-state index is 12.8. The Bertz CT molecular complexity index is 1010. The van der Waals surface area contributed by atoms with Crippen LogP contribution in [0.5, 0.6) is 0 Å². The summed E-state index contributed by atoms with van der Waals surface area (Å²) in [6.07, 6.45) is -3.17. The second kappa shape index (κ2) is 8.83. The van der Waals surface area contributed by atoms with Gasteiger partial charge in [0.25, 0.3) is 5.91 Å². The third-order valence-corrected chi connectivity index (χ3v) is 4.03. The first kappa shape index (κ1) is 20.5. The van der Waals surface area contributed by atoms with Crippen molar-refractivity contribution in [3.63, 3.8) is 0 Å². The number of benzene rings is 2. The smallest absolute Gasteiger partial charge is 0.416 e. The van der Waals surface area contributed by atoms with Crippen molar-refractivity contribution >= 4 is 29.4 Å². The Hall–Kier alpha value is -3.26. The number of halogens is 4. The van der Waals surface area contributed by atoms with Crippen molar-refractivity contribution in [3.8, 4) is 11.3 Å². The van der Waals surface area contributed by atoms with E-state index in [2.05, 4.69) is 15.8 Å². The number of anilines is 1. The SMILES string of the molecule is O=C(CNc1ccc(Cl)cc1)N/N=C\c1ccc(-c2cccc(C(F)(F)F)c2)o1. The van der Waals surface area contributed by atoms with E-state index in [4.69, 9.17) is 16.0 Å². The van der Waals surface area contributed by atoms with Crippen LogP contribution in [0.15, 0.2) is 70.2 Å². The molecule has 1 aromatic heterocycles. The number of hydrazone groups is 1. The Morgan fingerprint density at radius 3 is 2.59 bits per heavy atom. The lowest BCUT2D eigenvalue weighted by Crippen LogP contribution is -2.25. The van der Waals surface area contributed by atoms with E-state index in [0.717, 1.165) is 17.8 Å². The predicted molar refractivity (Wildman–Crippen MR) is 105 cm³/mol. The van der Waals surface area contributed by atoms with Gasteiger partial charge < -0.3 is 9.73 Å². The van der Waals surface area contributed by atoms with Crippen molar-refractivity contribution in [2.75, 3.05) is 11.9 Å². The molecule has 3 rings (SSSR count). The molecule has 0 bridgehead atoms. The van der Waals surface area contributed by atoms with Gasteiger partial charge in [0.05, 0.1) is 18.3 Å². The van der Waals surface area contributed by atoms with E-state index >= 15 is 0 Å². The van der Waals surface area contributed by atoms with Crippen LogP contribution in [0.25, 0.3) is 11.3 Å². The van der Waals surface area contributed by atoms with Crippen molar-refractivity contribution in [1.82, 2.24) is 5.43 Å². The number of hydrogen-bond acceptors (Lipinski definition) is 4. The number of carbonyl (C=O) groups is 1. The molecule has 0 atom stereocenters. The summed E-state index contributed by atoms with van der Waals surface area (Å²) in [6, 6.07) is 14.7. The molecule has 9 heteroatoms. The zero-order chi connectivity index (χ0) is 20.9. The number of rotatable bonds is 6. The Balaban J connectivity index is 1.55. The minimum Gasteiger partial charge on any atom is -0.455 e. The standard InChI is InChI=1S/C20H15ClF3N3O2/c21-15-4-6-16(7-5-15)25-12-19(28)27-26-11-17-8-9-18(29-17)13-2-1-3-14(10-13)20(22,23)24/h1-11,25H,12H2,(H,27,28)/b26-11-. The van der Waals surface area contributed by atoms with E-state index in [0.29, 0.717) is 5.02 Å². The highest BCUT2D eigenvalue weighted by molar-refractivity contribution is 6.30. The molecule has 0 unspecified atom stereocenters. The molecule has 150 valence electrons. The van der Waals surface area contributed by atoms with Gasteiger partial charge in [-0.1, -0.05) is 23.7 Å². The average Bonchev–Trinajstić information content (AvgIpc) is 3.16. The molecule has 3 aromatic rings. The van der Waals surface area contributed by atoms with Crippen molar-refractivity contribution in [2.45, 2.75) is 6.18 Å². The first-order chi connectivity index (χ1) is 13.8. The van der Waals surface area contributed by atoms with Gasteiger partial charge in [-0.3, -0.25) is 4.79 Å². The lowest BCUT2D eigenvalue weighted by Gasteiger charge is -2.07. The van der Waals surface area contributed by atoms with E-state index in [1.54, 1.807) is 24.3 Å². The molecule has 0 aliphatic carbocycles. The second-order valence-electron chi connectivity index (χ2n) is 5.93. The number of alkyl halides is 3. The van der Waals surface area contributed by atoms with Crippen LogP contribution < -0.4 is 10.7 Å². The molecule has 1 heterocycles. The number of furan rings is 1. The summed E-state index contributed by atoms with van der Waals surface area (Å²) in [5, 5.41) is 7.27. The Morgan fingerprint density at radius 1 is 1.10 bits per heavy atom. The molecular formula is C20H15ClF3N3O2. The highest BCUT2D eigenvalue weighted by Crippen LogP contribution is 2.32. The molecule has 0 fully saturated rings. The quantitative estimate of drug-likeness (QED) is 0.425. The summed E-state index contributed by atoms with van der Waals surface area (Å²) in [6.45, 7) is -0.00733. The maximum Gasteiger partial charge on any atom is 0.416 e. The Morgan fingerprint density at radius 2 is 1.86 bits per heavy atom. The van der Waals surface area contributed by atoms with Gasteiger partial charge in [-0.25, -0.2) is 5.43 Å². The van der Waals surface area contributed by atoms with Crippen LogP contribution in [0, 0.1) is 0 Å². The molecule has 0 saturated heterocycles. The third-order valence-electron chi connectivity index (χ3n) is 3.78. The molecule has 2 N–H and O–H groups in total. The van der Waals surface area contributed by atoms with E-state index in [1.165, 1.54) is 30.5 Å². The van der Waals surface area contributed by atoms with Crippen LogP contribution in [-0.4, -0.2) is 18.7 Å². The number of carbonyl (C=O) groups excluding carboxylic acids is 1. The Kier molecular flexibility index (Phi) is 6.23. The van der Waals surface area contributed by atoms with Crippen LogP contribution in [0.2, 0.25) is 5.02 Å². The summed E-state index contributed by atoms with van der Waals surface area (Å²) in [7, 11) is 0. The number of hydrogen-bond donors (Lipinski definition) is 2. The van der Waals surface area contributed by atoms with E-state index < -0.39 is 11.7 Å². The van der Waals surface area contributed by atoms with Crippen LogP contribution in [0.3, 0.4) is 0 Å². The lowest BCUT2D eigenvalue weighted by atomic mass is 10.1. The van der Waals surface area contributed by atoms with Gasteiger partial charge >= 0.3 is 6.18 Å². The molecular weight excluding hydrogens is 407 g/mol. The van der Waals surface area contributed by atoms with E-state index in [-0.39, 0.29) is 29.5 Å². The monoisotopic (exact) mass is 421 g/mol. The van der Waals surface area contributed by atoms with Crippen molar-refractivity contribution in [1.29, 1.82) is 0 Å². The van der Waals surface area contributed by atoms with Gasteiger partial charge in [0.15, 0.2) is 0 Å². The van der Waals surface area contributed by atoms with Crippen LogP contribution in [-0.2, 0) is 11.0 Å². The van der Waals surface area contributed by atoms with Gasteiger partial charge in [-0.15, -0.1) is 0 Å².